The Morgan fingerprint density at radius 3 is 2.63 bits per heavy atom. The fourth-order valence-electron chi connectivity index (χ4n) is 3.46. The largest absolute Gasteiger partial charge is 0.380 e. The fourth-order valence-corrected chi connectivity index (χ4v) is 3.46. The molecule has 0 radical (unpaired) electrons. The van der Waals surface area contributed by atoms with Gasteiger partial charge < -0.3 is 9.47 Å². The smallest absolute Gasteiger partial charge is 0.0969 e. The summed E-state index contributed by atoms with van der Waals surface area (Å²) in [5.74, 6) is 1.05. The van der Waals surface area contributed by atoms with Crippen LogP contribution in [0.5, 0.6) is 0 Å². The van der Waals surface area contributed by atoms with Crippen LogP contribution >= 0.6 is 0 Å². The molecule has 0 bridgehead atoms. The van der Waals surface area contributed by atoms with Crippen molar-refractivity contribution in [1.29, 1.82) is 0 Å². The van der Waals surface area contributed by atoms with E-state index in [2.05, 4.69) is 49.5 Å². The Bertz CT molecular complexity index is 416. The zero-order valence-electron chi connectivity index (χ0n) is 11.8. The van der Waals surface area contributed by atoms with Crippen LogP contribution in [0.2, 0.25) is 0 Å². The molecular weight excluding hydrogens is 238 g/mol. The minimum Gasteiger partial charge on any atom is -0.380 e. The van der Waals surface area contributed by atoms with Gasteiger partial charge in [-0.15, -0.1) is 0 Å². The minimum atomic E-state index is 0.134. The molecule has 104 valence electrons. The molecule has 2 fully saturated rings. The molecule has 3 rings (SSSR count). The van der Waals surface area contributed by atoms with Gasteiger partial charge in [-0.2, -0.15) is 0 Å². The molecule has 19 heavy (non-hydrogen) atoms. The molecule has 2 heterocycles. The van der Waals surface area contributed by atoms with Crippen molar-refractivity contribution in [3.05, 3.63) is 35.9 Å². The van der Waals surface area contributed by atoms with Gasteiger partial charge >= 0.3 is 0 Å². The molecule has 3 nitrogen and oxygen atoms in total. The van der Waals surface area contributed by atoms with Crippen molar-refractivity contribution in [2.24, 2.45) is 11.3 Å². The third-order valence-electron chi connectivity index (χ3n) is 5.09. The summed E-state index contributed by atoms with van der Waals surface area (Å²) in [6.07, 6.45) is 0. The lowest BCUT2D eigenvalue weighted by Gasteiger charge is -2.47. The Morgan fingerprint density at radius 2 is 1.95 bits per heavy atom. The molecule has 2 aliphatic heterocycles. The summed E-state index contributed by atoms with van der Waals surface area (Å²) >= 11 is 0. The van der Waals surface area contributed by atoms with E-state index in [1.807, 2.05) is 0 Å². The van der Waals surface area contributed by atoms with E-state index in [0.717, 1.165) is 19.8 Å². The van der Waals surface area contributed by atoms with E-state index in [-0.39, 0.29) is 5.41 Å². The maximum Gasteiger partial charge on any atom is 0.0969 e. The van der Waals surface area contributed by atoms with Gasteiger partial charge in [0.2, 0.25) is 0 Å². The van der Waals surface area contributed by atoms with E-state index in [1.54, 1.807) is 0 Å². The Kier molecular flexibility index (Phi) is 3.61. The summed E-state index contributed by atoms with van der Waals surface area (Å²) in [4.78, 5) is 0. The molecule has 1 aromatic carbocycles. The molecule has 1 unspecified atom stereocenters. The SMILES string of the molecule is CC1[C@H](c2ccccc2)COC[C@]1(C)[C@H]1COCN1. The lowest BCUT2D eigenvalue weighted by Crippen LogP contribution is -2.53. The lowest BCUT2D eigenvalue weighted by molar-refractivity contribution is -0.0687. The lowest BCUT2D eigenvalue weighted by atomic mass is 9.65. The average Bonchev–Trinajstić information content (AvgIpc) is 2.98. The van der Waals surface area contributed by atoms with Gasteiger partial charge in [-0.3, -0.25) is 5.32 Å². The quantitative estimate of drug-likeness (QED) is 0.886. The highest BCUT2D eigenvalue weighted by atomic mass is 16.5. The molecule has 3 heteroatoms. The first kappa shape index (κ1) is 13.1. The Hall–Kier alpha value is -0.900. The van der Waals surface area contributed by atoms with Crippen molar-refractivity contribution in [2.45, 2.75) is 25.8 Å². The highest BCUT2D eigenvalue weighted by molar-refractivity contribution is 5.22. The molecule has 0 amide bonds. The van der Waals surface area contributed by atoms with E-state index in [0.29, 0.717) is 24.6 Å². The summed E-state index contributed by atoms with van der Waals surface area (Å²) < 4.78 is 11.4. The standard InChI is InChI=1S/C16H23NO2/c1-12-14(13-6-4-3-5-7-13)8-18-10-16(12,2)15-9-19-11-17-15/h3-7,12,14-15,17H,8-11H2,1-2H3/t12?,14-,15-,16+/m1/s1. The summed E-state index contributed by atoms with van der Waals surface area (Å²) in [5.41, 5.74) is 1.52. The zero-order valence-corrected chi connectivity index (χ0v) is 11.8. The highest BCUT2D eigenvalue weighted by Crippen LogP contribution is 2.45. The number of nitrogens with one attached hydrogen (secondary N) is 1. The van der Waals surface area contributed by atoms with Crippen LogP contribution in [0.25, 0.3) is 0 Å². The van der Waals surface area contributed by atoms with Gasteiger partial charge in [0.05, 0.1) is 26.6 Å². The van der Waals surface area contributed by atoms with Crippen LogP contribution in [-0.2, 0) is 9.47 Å². The second-order valence-corrected chi connectivity index (χ2v) is 6.10. The molecule has 1 N–H and O–H groups in total. The Morgan fingerprint density at radius 1 is 1.16 bits per heavy atom. The van der Waals surface area contributed by atoms with Crippen LogP contribution in [0, 0.1) is 11.3 Å². The van der Waals surface area contributed by atoms with Gasteiger partial charge in [-0.05, 0) is 11.5 Å². The topological polar surface area (TPSA) is 30.5 Å². The molecule has 0 saturated carbocycles. The Balaban J connectivity index is 1.84. The van der Waals surface area contributed by atoms with Crippen molar-refractivity contribution < 1.29 is 9.47 Å². The van der Waals surface area contributed by atoms with E-state index in [9.17, 15) is 0 Å². The maximum absolute atomic E-state index is 5.94. The summed E-state index contributed by atoms with van der Waals surface area (Å²) in [7, 11) is 0. The van der Waals surface area contributed by atoms with Gasteiger partial charge in [0.25, 0.3) is 0 Å². The summed E-state index contributed by atoms with van der Waals surface area (Å²) in [6.45, 7) is 7.81. The summed E-state index contributed by atoms with van der Waals surface area (Å²) in [6, 6.07) is 11.1. The van der Waals surface area contributed by atoms with Crippen LogP contribution in [0.1, 0.15) is 25.3 Å². The van der Waals surface area contributed by atoms with Crippen molar-refractivity contribution in [2.75, 3.05) is 26.6 Å². The molecule has 0 aromatic heterocycles. The zero-order chi connectivity index (χ0) is 13.3. The van der Waals surface area contributed by atoms with Crippen molar-refractivity contribution in [3.63, 3.8) is 0 Å². The highest BCUT2D eigenvalue weighted by Gasteiger charge is 2.47. The van der Waals surface area contributed by atoms with Gasteiger partial charge in [0, 0.05) is 17.4 Å². The van der Waals surface area contributed by atoms with E-state index in [1.165, 1.54) is 5.56 Å². The first-order valence-electron chi connectivity index (χ1n) is 7.15. The van der Waals surface area contributed by atoms with E-state index < -0.39 is 0 Å². The molecule has 2 aliphatic rings. The van der Waals surface area contributed by atoms with Crippen LogP contribution in [0.15, 0.2) is 30.3 Å². The van der Waals surface area contributed by atoms with Crippen LogP contribution in [0.3, 0.4) is 0 Å². The fraction of sp³-hybridized carbons (Fsp3) is 0.625. The second-order valence-electron chi connectivity index (χ2n) is 6.10. The number of benzene rings is 1. The Labute approximate surface area is 115 Å². The van der Waals surface area contributed by atoms with Crippen molar-refractivity contribution in [1.82, 2.24) is 5.32 Å². The van der Waals surface area contributed by atoms with Crippen LogP contribution < -0.4 is 5.32 Å². The first-order valence-corrected chi connectivity index (χ1v) is 7.15. The van der Waals surface area contributed by atoms with Crippen molar-refractivity contribution >= 4 is 0 Å². The maximum atomic E-state index is 5.94. The molecule has 0 aliphatic carbocycles. The van der Waals surface area contributed by atoms with E-state index in [4.69, 9.17) is 9.47 Å². The molecule has 0 spiro atoms. The average molecular weight is 261 g/mol. The molecule has 4 atom stereocenters. The number of hydrogen-bond donors (Lipinski definition) is 1. The minimum absolute atomic E-state index is 0.134. The van der Waals surface area contributed by atoms with Crippen LogP contribution in [0.4, 0.5) is 0 Å². The predicted molar refractivity (Wildman–Crippen MR) is 75.0 cm³/mol. The first-order chi connectivity index (χ1) is 9.22. The normalized spacial score (nSPS) is 39.4. The number of rotatable bonds is 2. The van der Waals surface area contributed by atoms with Crippen LogP contribution in [-0.4, -0.2) is 32.6 Å². The van der Waals surface area contributed by atoms with Gasteiger partial charge in [0.15, 0.2) is 0 Å². The van der Waals surface area contributed by atoms with Crippen molar-refractivity contribution in [3.8, 4) is 0 Å². The third-order valence-corrected chi connectivity index (χ3v) is 5.09. The molecular formula is C16H23NO2. The van der Waals surface area contributed by atoms with Gasteiger partial charge in [-0.25, -0.2) is 0 Å². The van der Waals surface area contributed by atoms with Gasteiger partial charge in [-0.1, -0.05) is 44.2 Å². The monoisotopic (exact) mass is 261 g/mol. The molecule has 2 saturated heterocycles. The number of ether oxygens (including phenoxy) is 2. The van der Waals surface area contributed by atoms with E-state index >= 15 is 0 Å². The predicted octanol–water partition coefficient (Wildman–Crippen LogP) is 2.39. The summed E-state index contributed by atoms with van der Waals surface area (Å²) in [5, 5.41) is 3.47. The number of hydrogen-bond acceptors (Lipinski definition) is 3. The third kappa shape index (κ3) is 2.31. The molecule has 1 aromatic rings. The second kappa shape index (κ2) is 5.23. The van der Waals surface area contributed by atoms with Gasteiger partial charge in [0.1, 0.15) is 0 Å².